The van der Waals surface area contributed by atoms with Gasteiger partial charge >= 0.3 is 12.1 Å². The van der Waals surface area contributed by atoms with Crippen LogP contribution in [0.1, 0.15) is 5.69 Å². The summed E-state index contributed by atoms with van der Waals surface area (Å²) >= 11 is 0. The molecule has 0 aliphatic heterocycles. The summed E-state index contributed by atoms with van der Waals surface area (Å²) in [4.78, 5) is 27.0. The normalized spacial score (nSPS) is 10.3. The molecule has 0 unspecified atom stereocenters. The van der Waals surface area contributed by atoms with E-state index < -0.39 is 0 Å². The van der Waals surface area contributed by atoms with Gasteiger partial charge in [0.25, 0.3) is 0 Å². The number of aryl methyl sites for hydroxylation is 1. The zero-order valence-electron chi connectivity index (χ0n) is 14.1. The molecule has 23 heavy (non-hydrogen) atoms. The Kier molecular flexibility index (Phi) is 4.74. The van der Waals surface area contributed by atoms with E-state index in [-0.39, 0.29) is 12.1 Å². The van der Waals surface area contributed by atoms with Crippen LogP contribution in [0.2, 0.25) is 0 Å². The number of hydrogen-bond acceptors (Lipinski definition) is 2. The molecule has 2 aromatic rings. The maximum absolute atomic E-state index is 12.0. The van der Waals surface area contributed by atoms with Crippen molar-refractivity contribution in [3.8, 4) is 11.1 Å². The molecule has 120 valence electrons. The van der Waals surface area contributed by atoms with Gasteiger partial charge in [-0.15, -0.1) is 0 Å². The maximum atomic E-state index is 12.0. The van der Waals surface area contributed by atoms with Crippen LogP contribution >= 0.6 is 0 Å². The Balaban J connectivity index is 2.31. The lowest BCUT2D eigenvalue weighted by Crippen LogP contribution is -2.51. The van der Waals surface area contributed by atoms with Crippen molar-refractivity contribution in [2.75, 3.05) is 28.2 Å². The lowest BCUT2D eigenvalue weighted by molar-refractivity contribution is -0.584. The lowest BCUT2D eigenvalue weighted by Gasteiger charge is -2.08. The average molecular weight is 314 g/mol. The Hall–Kier alpha value is -2.76. The summed E-state index contributed by atoms with van der Waals surface area (Å²) in [5, 5.41) is 0. The van der Waals surface area contributed by atoms with Crippen molar-refractivity contribution in [3.63, 3.8) is 0 Å². The zero-order valence-corrected chi connectivity index (χ0v) is 14.1. The Morgan fingerprint density at radius 1 is 0.826 bits per heavy atom. The van der Waals surface area contributed by atoms with Crippen LogP contribution in [-0.4, -0.2) is 50.1 Å². The standard InChI is InChI=1S/C17H22N4O2/c1-13-12-15(8-11-21(13)17(23)19(4)5)14-6-9-20(10-7-14)16(22)18(2)3/h6-12H,1-5H3/q+2. The molecular formula is C17H22N4O2+2. The molecule has 0 spiro atoms. The number of carbonyl (C=O) groups excluding carboxylic acids is 2. The summed E-state index contributed by atoms with van der Waals surface area (Å²) in [7, 11) is 6.87. The summed E-state index contributed by atoms with van der Waals surface area (Å²) in [6.07, 6.45) is 5.23. The van der Waals surface area contributed by atoms with Crippen LogP contribution in [0.25, 0.3) is 11.1 Å². The second-order valence-electron chi connectivity index (χ2n) is 5.77. The number of amides is 2. The quantitative estimate of drug-likeness (QED) is 0.745. The van der Waals surface area contributed by atoms with Crippen LogP contribution in [0.5, 0.6) is 0 Å². The van der Waals surface area contributed by atoms with Crippen LogP contribution < -0.4 is 9.13 Å². The Morgan fingerprint density at radius 3 is 1.83 bits per heavy atom. The molecule has 6 nitrogen and oxygen atoms in total. The zero-order chi connectivity index (χ0) is 17.1. The third kappa shape index (κ3) is 3.53. The third-order valence-electron chi connectivity index (χ3n) is 3.50. The summed E-state index contributed by atoms with van der Waals surface area (Å²) < 4.78 is 3.12. The van der Waals surface area contributed by atoms with Gasteiger partial charge in [0.1, 0.15) is 11.9 Å². The van der Waals surface area contributed by atoms with Gasteiger partial charge in [-0.1, -0.05) is 0 Å². The first-order valence-corrected chi connectivity index (χ1v) is 7.28. The van der Waals surface area contributed by atoms with Crippen molar-refractivity contribution in [3.05, 3.63) is 48.5 Å². The van der Waals surface area contributed by atoms with Crippen molar-refractivity contribution in [1.82, 2.24) is 9.80 Å². The van der Waals surface area contributed by atoms with E-state index in [1.54, 1.807) is 51.3 Å². The summed E-state index contributed by atoms with van der Waals surface area (Å²) in [6, 6.07) is 7.42. The SMILES string of the molecule is Cc1cc(-c2cc[n+](C(=O)N(C)C)cc2)cc[n+]1C(=O)N(C)C. The van der Waals surface area contributed by atoms with Crippen LogP contribution in [-0.2, 0) is 0 Å². The van der Waals surface area contributed by atoms with Gasteiger partial charge in [-0.05, 0) is 42.3 Å². The molecule has 0 bridgehead atoms. The van der Waals surface area contributed by atoms with Gasteiger partial charge in [0.15, 0.2) is 0 Å². The summed E-state index contributed by atoms with van der Waals surface area (Å²) in [6.45, 7) is 1.89. The highest BCUT2D eigenvalue weighted by Gasteiger charge is 2.19. The smallest absolute Gasteiger partial charge is 0.231 e. The molecule has 0 saturated heterocycles. The number of carbonyl (C=O) groups is 2. The second-order valence-corrected chi connectivity index (χ2v) is 5.77. The molecule has 0 aliphatic rings. The van der Waals surface area contributed by atoms with E-state index in [0.717, 1.165) is 16.8 Å². The molecule has 2 heterocycles. The number of pyridine rings is 2. The van der Waals surface area contributed by atoms with Crippen LogP contribution in [0.3, 0.4) is 0 Å². The van der Waals surface area contributed by atoms with Gasteiger partial charge in [-0.2, -0.15) is 18.7 Å². The van der Waals surface area contributed by atoms with Crippen molar-refractivity contribution in [2.24, 2.45) is 0 Å². The molecule has 0 N–H and O–H groups in total. The summed E-state index contributed by atoms with van der Waals surface area (Å²) in [5.41, 5.74) is 2.83. The van der Waals surface area contributed by atoms with Crippen molar-refractivity contribution >= 4 is 12.1 Å². The number of aromatic nitrogens is 2. The topological polar surface area (TPSA) is 48.4 Å². The molecule has 0 atom stereocenters. The Morgan fingerprint density at radius 2 is 1.35 bits per heavy atom. The highest BCUT2D eigenvalue weighted by molar-refractivity contribution is 5.67. The molecule has 0 saturated carbocycles. The van der Waals surface area contributed by atoms with Gasteiger partial charge in [0.05, 0.1) is 40.6 Å². The van der Waals surface area contributed by atoms with E-state index >= 15 is 0 Å². The monoisotopic (exact) mass is 314 g/mol. The predicted octanol–water partition coefficient (Wildman–Crippen LogP) is 1.30. The lowest BCUT2D eigenvalue weighted by atomic mass is 10.1. The second kappa shape index (κ2) is 6.56. The highest BCUT2D eigenvalue weighted by Crippen LogP contribution is 2.17. The Bertz CT molecular complexity index is 737. The fraction of sp³-hybridized carbons (Fsp3) is 0.294. The molecule has 0 fully saturated rings. The van der Waals surface area contributed by atoms with Crippen molar-refractivity contribution in [1.29, 1.82) is 0 Å². The molecule has 2 amide bonds. The molecular weight excluding hydrogens is 292 g/mol. The largest absolute Gasteiger partial charge is 0.497 e. The summed E-state index contributed by atoms with van der Waals surface area (Å²) in [5.74, 6) is 0. The highest BCUT2D eigenvalue weighted by atomic mass is 16.2. The van der Waals surface area contributed by atoms with Crippen molar-refractivity contribution < 1.29 is 18.7 Å². The first-order valence-electron chi connectivity index (χ1n) is 7.28. The fourth-order valence-corrected chi connectivity index (χ4v) is 2.20. The molecule has 2 aromatic heterocycles. The Labute approximate surface area is 136 Å². The maximum Gasteiger partial charge on any atom is 0.497 e. The van der Waals surface area contributed by atoms with E-state index in [1.165, 1.54) is 14.4 Å². The third-order valence-corrected chi connectivity index (χ3v) is 3.50. The van der Waals surface area contributed by atoms with E-state index in [4.69, 9.17) is 0 Å². The van der Waals surface area contributed by atoms with E-state index in [0.29, 0.717) is 0 Å². The van der Waals surface area contributed by atoms with Gasteiger partial charge in [-0.3, -0.25) is 0 Å². The molecule has 0 aliphatic carbocycles. The van der Waals surface area contributed by atoms with Gasteiger partial charge < -0.3 is 0 Å². The van der Waals surface area contributed by atoms with Crippen LogP contribution in [0, 0.1) is 6.92 Å². The van der Waals surface area contributed by atoms with E-state index in [9.17, 15) is 9.59 Å². The van der Waals surface area contributed by atoms with Gasteiger partial charge in [0, 0.05) is 0 Å². The number of hydrogen-bond donors (Lipinski definition) is 0. The van der Waals surface area contributed by atoms with Crippen molar-refractivity contribution in [2.45, 2.75) is 6.92 Å². The predicted molar refractivity (Wildman–Crippen MR) is 86.0 cm³/mol. The minimum atomic E-state index is -0.102. The van der Waals surface area contributed by atoms with E-state index in [1.807, 2.05) is 31.2 Å². The molecule has 2 rings (SSSR count). The minimum absolute atomic E-state index is 0.0865. The average Bonchev–Trinajstić information content (AvgIpc) is 2.53. The van der Waals surface area contributed by atoms with Crippen LogP contribution in [0.15, 0.2) is 42.9 Å². The van der Waals surface area contributed by atoms with Gasteiger partial charge in [0.2, 0.25) is 0 Å². The first-order chi connectivity index (χ1) is 10.8. The molecule has 0 radical (unpaired) electrons. The first kappa shape index (κ1) is 16.6. The minimum Gasteiger partial charge on any atom is -0.231 e. The van der Waals surface area contributed by atoms with Crippen LogP contribution in [0.4, 0.5) is 9.59 Å². The molecule has 0 aromatic carbocycles. The van der Waals surface area contributed by atoms with Gasteiger partial charge in [-0.25, -0.2) is 9.80 Å². The molecule has 6 heteroatoms. The van der Waals surface area contributed by atoms with E-state index in [2.05, 4.69) is 0 Å². The number of nitrogens with zero attached hydrogens (tertiary/aromatic N) is 4. The number of rotatable bonds is 1. The fourth-order valence-electron chi connectivity index (χ4n) is 2.20.